The summed E-state index contributed by atoms with van der Waals surface area (Å²) < 4.78 is 59.9. The number of halogens is 3. The van der Waals surface area contributed by atoms with Gasteiger partial charge in [0, 0.05) is 6.26 Å². The number of hydrogen-bond acceptors (Lipinski definition) is 4. The monoisotopic (exact) mass is 306 g/mol. The Morgan fingerprint density at radius 3 is 2.15 bits per heavy atom. The molecule has 0 unspecified atom stereocenters. The van der Waals surface area contributed by atoms with Crippen molar-refractivity contribution in [2.45, 2.75) is 17.5 Å². The molecule has 0 fully saturated rings. The lowest BCUT2D eigenvalue weighted by molar-refractivity contribution is -0.117. The maximum Gasteiger partial charge on any atom is 0.431 e. The van der Waals surface area contributed by atoms with Crippen LogP contribution in [0.25, 0.3) is 0 Å². The van der Waals surface area contributed by atoms with Gasteiger partial charge in [-0.1, -0.05) is 0 Å². The molecular weight excluding hydrogens is 297 g/mol. The minimum Gasteiger partial charge on any atom is -0.272 e. The maximum atomic E-state index is 12.5. The quantitative estimate of drug-likeness (QED) is 0.836. The van der Waals surface area contributed by atoms with Crippen LogP contribution in [-0.2, 0) is 14.6 Å². The van der Waals surface area contributed by atoms with Crippen LogP contribution in [0.2, 0.25) is 0 Å². The summed E-state index contributed by atoms with van der Waals surface area (Å²) in [7, 11) is -3.41. The molecule has 1 aromatic rings. The van der Waals surface area contributed by atoms with Crippen molar-refractivity contribution in [1.29, 1.82) is 0 Å². The van der Waals surface area contributed by atoms with Gasteiger partial charge in [-0.15, -0.1) is 0 Å². The number of hydrazone groups is 1. The van der Waals surface area contributed by atoms with Crippen molar-refractivity contribution >= 4 is 27.1 Å². The summed E-state index contributed by atoms with van der Waals surface area (Å²) in [5, 5.41) is 3.85. The first-order chi connectivity index (χ1) is 9.09. The van der Waals surface area contributed by atoms with E-state index in [1.165, 1.54) is 24.3 Å². The highest BCUT2D eigenvalue weighted by atomic mass is 32.2. The van der Waals surface area contributed by atoms with Gasteiger partial charge >= 0.3 is 6.18 Å². The molecular formula is C11H9F3N2O3S. The summed E-state index contributed by atoms with van der Waals surface area (Å²) in [5.74, 6) is -0.815. The van der Waals surface area contributed by atoms with E-state index in [4.69, 9.17) is 0 Å². The van der Waals surface area contributed by atoms with Crippen LogP contribution in [0.1, 0.15) is 6.42 Å². The van der Waals surface area contributed by atoms with Gasteiger partial charge in [0.1, 0.15) is 0 Å². The third-order valence-electron chi connectivity index (χ3n) is 2.61. The summed E-state index contributed by atoms with van der Waals surface area (Å²) in [6.45, 7) is 0. The number of carbonyl (C=O) groups excluding carboxylic acids is 1. The molecule has 0 atom stereocenters. The van der Waals surface area contributed by atoms with Gasteiger partial charge in [-0.2, -0.15) is 18.3 Å². The second-order valence-electron chi connectivity index (χ2n) is 4.19. The fourth-order valence-electron chi connectivity index (χ4n) is 1.62. The Hall–Kier alpha value is -1.90. The standard InChI is InChI=1S/C11H9F3N2O3S/c1-20(18,19)8-4-2-7(3-5-8)16-10(17)6-9(15-16)11(12,13)14/h2-5H,6H2,1H3. The van der Waals surface area contributed by atoms with E-state index >= 15 is 0 Å². The van der Waals surface area contributed by atoms with E-state index in [-0.39, 0.29) is 10.6 Å². The predicted molar refractivity (Wildman–Crippen MR) is 65.1 cm³/mol. The SMILES string of the molecule is CS(=O)(=O)c1ccc(N2N=C(C(F)(F)F)CC2=O)cc1. The maximum absolute atomic E-state index is 12.5. The average Bonchev–Trinajstić information content (AvgIpc) is 2.70. The first kappa shape index (κ1) is 14.5. The normalized spacial score (nSPS) is 16.5. The lowest BCUT2D eigenvalue weighted by Crippen LogP contribution is -2.22. The van der Waals surface area contributed by atoms with Crippen LogP contribution in [0.4, 0.5) is 18.9 Å². The third kappa shape index (κ3) is 2.82. The van der Waals surface area contributed by atoms with Crippen LogP contribution in [0.15, 0.2) is 34.3 Å². The van der Waals surface area contributed by atoms with Crippen LogP contribution < -0.4 is 5.01 Å². The Morgan fingerprint density at radius 1 is 1.20 bits per heavy atom. The molecule has 0 aromatic heterocycles. The van der Waals surface area contributed by atoms with Gasteiger partial charge in [0.25, 0.3) is 5.91 Å². The zero-order valence-electron chi connectivity index (χ0n) is 10.2. The van der Waals surface area contributed by atoms with E-state index in [1.807, 2.05) is 0 Å². The molecule has 0 N–H and O–H groups in total. The highest BCUT2D eigenvalue weighted by Gasteiger charge is 2.42. The number of nitrogens with zero attached hydrogens (tertiary/aromatic N) is 2. The van der Waals surface area contributed by atoms with Gasteiger partial charge in [-0.05, 0) is 24.3 Å². The lowest BCUT2D eigenvalue weighted by Gasteiger charge is -2.11. The van der Waals surface area contributed by atoms with Crippen LogP contribution >= 0.6 is 0 Å². The molecule has 1 aromatic carbocycles. The number of amides is 1. The molecule has 0 spiro atoms. The molecule has 5 nitrogen and oxygen atoms in total. The van der Waals surface area contributed by atoms with Crippen LogP contribution in [0.5, 0.6) is 0 Å². The van der Waals surface area contributed by atoms with Crippen molar-refractivity contribution < 1.29 is 26.4 Å². The lowest BCUT2D eigenvalue weighted by atomic mass is 10.2. The number of hydrogen-bond donors (Lipinski definition) is 0. The zero-order chi connectivity index (χ0) is 15.1. The number of anilines is 1. The molecule has 1 heterocycles. The molecule has 108 valence electrons. The van der Waals surface area contributed by atoms with Gasteiger partial charge in [0.15, 0.2) is 15.5 Å². The number of benzene rings is 1. The minimum atomic E-state index is -4.66. The molecule has 1 aliphatic heterocycles. The molecule has 2 rings (SSSR count). The first-order valence-electron chi connectivity index (χ1n) is 5.37. The average molecular weight is 306 g/mol. The van der Waals surface area contributed by atoms with Crippen molar-refractivity contribution in [3.05, 3.63) is 24.3 Å². The summed E-state index contributed by atoms with van der Waals surface area (Å²) >= 11 is 0. The summed E-state index contributed by atoms with van der Waals surface area (Å²) in [4.78, 5) is 11.5. The van der Waals surface area contributed by atoms with E-state index in [9.17, 15) is 26.4 Å². The first-order valence-corrected chi connectivity index (χ1v) is 7.26. The Bertz CT molecular complexity index is 678. The summed E-state index contributed by atoms with van der Waals surface area (Å²) in [5.41, 5.74) is -1.09. The zero-order valence-corrected chi connectivity index (χ0v) is 11.0. The molecule has 0 aliphatic carbocycles. The number of carbonyl (C=O) groups is 1. The topological polar surface area (TPSA) is 66.8 Å². The van der Waals surface area contributed by atoms with Gasteiger partial charge in [-0.3, -0.25) is 4.79 Å². The summed E-state index contributed by atoms with van der Waals surface area (Å²) in [6, 6.07) is 4.88. The third-order valence-corrected chi connectivity index (χ3v) is 3.74. The molecule has 0 saturated carbocycles. The molecule has 20 heavy (non-hydrogen) atoms. The van der Waals surface area contributed by atoms with Crippen molar-refractivity contribution in [3.63, 3.8) is 0 Å². The van der Waals surface area contributed by atoms with Crippen molar-refractivity contribution in [2.24, 2.45) is 5.10 Å². The summed E-state index contributed by atoms with van der Waals surface area (Å²) in [6.07, 6.45) is -4.47. The highest BCUT2D eigenvalue weighted by Crippen LogP contribution is 2.28. The van der Waals surface area contributed by atoms with E-state index in [0.29, 0.717) is 5.01 Å². The van der Waals surface area contributed by atoms with Gasteiger partial charge in [0.05, 0.1) is 17.0 Å². The van der Waals surface area contributed by atoms with E-state index in [2.05, 4.69) is 5.10 Å². The van der Waals surface area contributed by atoms with E-state index < -0.39 is 34.1 Å². The molecule has 0 saturated heterocycles. The molecule has 1 aliphatic rings. The van der Waals surface area contributed by atoms with E-state index in [1.54, 1.807) is 0 Å². The molecule has 0 bridgehead atoms. The smallest absolute Gasteiger partial charge is 0.272 e. The molecule has 0 radical (unpaired) electrons. The predicted octanol–water partition coefficient (Wildman–Crippen LogP) is 1.75. The van der Waals surface area contributed by atoms with Crippen molar-refractivity contribution in [3.8, 4) is 0 Å². The van der Waals surface area contributed by atoms with Crippen LogP contribution in [0, 0.1) is 0 Å². The Labute approximate surface area is 112 Å². The highest BCUT2D eigenvalue weighted by molar-refractivity contribution is 7.90. The Kier molecular flexibility index (Phi) is 3.32. The van der Waals surface area contributed by atoms with Crippen LogP contribution in [0.3, 0.4) is 0 Å². The van der Waals surface area contributed by atoms with Gasteiger partial charge < -0.3 is 0 Å². The Morgan fingerprint density at radius 2 is 1.75 bits per heavy atom. The van der Waals surface area contributed by atoms with Crippen LogP contribution in [-0.4, -0.2) is 32.5 Å². The molecule has 9 heteroatoms. The molecule has 1 amide bonds. The van der Waals surface area contributed by atoms with Crippen molar-refractivity contribution in [1.82, 2.24) is 0 Å². The second kappa shape index (κ2) is 4.58. The Balaban J connectivity index is 2.33. The largest absolute Gasteiger partial charge is 0.431 e. The fraction of sp³-hybridized carbons (Fsp3) is 0.273. The van der Waals surface area contributed by atoms with Gasteiger partial charge in [-0.25, -0.2) is 13.4 Å². The van der Waals surface area contributed by atoms with E-state index in [0.717, 1.165) is 6.26 Å². The number of alkyl halides is 3. The number of sulfone groups is 1. The second-order valence-corrected chi connectivity index (χ2v) is 6.21. The van der Waals surface area contributed by atoms with Gasteiger partial charge in [0.2, 0.25) is 0 Å². The fourth-order valence-corrected chi connectivity index (χ4v) is 2.25. The van der Waals surface area contributed by atoms with Crippen molar-refractivity contribution in [2.75, 3.05) is 11.3 Å². The minimum absolute atomic E-state index is 0.00733. The number of rotatable bonds is 2.